The number of hydrogen-bond acceptors (Lipinski definition) is 5. The molecule has 6 aromatic carbocycles. The molecule has 0 bridgehead atoms. The fraction of sp³-hybridized carbons (Fsp3) is 0.0465. The zero-order valence-corrected chi connectivity index (χ0v) is 28.7. The summed E-state index contributed by atoms with van der Waals surface area (Å²) < 4.78 is 20.3. The Kier molecular flexibility index (Phi) is 11.9. The highest BCUT2D eigenvalue weighted by Gasteiger charge is 2.23. The van der Waals surface area contributed by atoms with Gasteiger partial charge in [-0.15, -0.1) is 11.8 Å². The number of ether oxygens (including phenoxy) is 1. The minimum Gasteiger partial charge on any atom is -0.489 e. The van der Waals surface area contributed by atoms with Crippen molar-refractivity contribution in [3.8, 4) is 5.75 Å². The highest BCUT2D eigenvalue weighted by Crippen LogP contribution is 2.37. The van der Waals surface area contributed by atoms with Crippen molar-refractivity contribution in [1.29, 1.82) is 0 Å². The normalized spacial score (nSPS) is 11.6. The Hall–Kier alpha value is -6.45. The van der Waals surface area contributed by atoms with Gasteiger partial charge >= 0.3 is 0 Å². The van der Waals surface area contributed by atoms with Crippen molar-refractivity contribution in [1.82, 2.24) is 5.32 Å². The van der Waals surface area contributed by atoms with Gasteiger partial charge in [0.1, 0.15) is 29.1 Å². The Morgan fingerprint density at radius 1 is 0.692 bits per heavy atom. The van der Waals surface area contributed by atoms with Crippen molar-refractivity contribution in [2.24, 2.45) is 0 Å². The van der Waals surface area contributed by atoms with E-state index in [4.69, 9.17) is 4.74 Å². The number of thioether (sulfide) groups is 1. The van der Waals surface area contributed by atoms with Crippen LogP contribution in [0.2, 0.25) is 0 Å². The van der Waals surface area contributed by atoms with Crippen LogP contribution in [0.1, 0.15) is 32.3 Å². The molecule has 1 unspecified atom stereocenters. The number of hydrogen-bond donors (Lipinski definition) is 3. The van der Waals surface area contributed by atoms with Crippen LogP contribution < -0.4 is 20.7 Å². The van der Waals surface area contributed by atoms with Crippen molar-refractivity contribution in [2.75, 3.05) is 10.6 Å². The van der Waals surface area contributed by atoms with Crippen LogP contribution in [0, 0.1) is 5.82 Å². The lowest BCUT2D eigenvalue weighted by atomic mass is 10.1. The van der Waals surface area contributed by atoms with Gasteiger partial charge in [0.05, 0.1) is 5.69 Å². The Morgan fingerprint density at radius 3 is 2.06 bits per heavy atom. The Bertz CT molecular complexity index is 2160. The summed E-state index contributed by atoms with van der Waals surface area (Å²) >= 11 is 1.26. The van der Waals surface area contributed by atoms with Crippen LogP contribution in [-0.2, 0) is 16.2 Å². The van der Waals surface area contributed by atoms with E-state index in [-0.39, 0.29) is 11.4 Å². The molecule has 0 saturated heterocycles. The fourth-order valence-electron chi connectivity index (χ4n) is 5.15. The van der Waals surface area contributed by atoms with Gasteiger partial charge in [0, 0.05) is 16.1 Å². The van der Waals surface area contributed by atoms with Crippen molar-refractivity contribution in [2.45, 2.75) is 16.8 Å². The summed E-state index contributed by atoms with van der Waals surface area (Å²) in [5, 5.41) is 7.63. The molecule has 0 aliphatic rings. The maximum absolute atomic E-state index is 14.4. The first-order valence-electron chi connectivity index (χ1n) is 16.4. The average molecular weight is 708 g/mol. The molecule has 52 heavy (non-hydrogen) atoms. The molecular weight excluding hydrogens is 674 g/mol. The van der Waals surface area contributed by atoms with Crippen LogP contribution in [0.25, 0.3) is 6.08 Å². The molecule has 6 aromatic rings. The van der Waals surface area contributed by atoms with Crippen LogP contribution in [0.3, 0.4) is 0 Å². The lowest BCUT2D eigenvalue weighted by molar-refractivity contribution is -0.116. The molecule has 0 heterocycles. The zero-order chi connectivity index (χ0) is 36.1. The summed E-state index contributed by atoms with van der Waals surface area (Å²) in [5.41, 5.74) is 3.38. The fourth-order valence-corrected chi connectivity index (χ4v) is 6.24. The van der Waals surface area contributed by atoms with Crippen LogP contribution >= 0.6 is 11.8 Å². The summed E-state index contributed by atoms with van der Waals surface area (Å²) in [4.78, 5) is 41.2. The number of nitrogens with one attached hydrogen (secondary N) is 3. The minimum atomic E-state index is -0.730. The van der Waals surface area contributed by atoms with Gasteiger partial charge in [-0.1, -0.05) is 109 Å². The number of carbonyl (C=O) groups is 3. The monoisotopic (exact) mass is 707 g/mol. The summed E-state index contributed by atoms with van der Waals surface area (Å²) in [5.74, 6) is -1.27. The van der Waals surface area contributed by atoms with Crippen LogP contribution in [-0.4, -0.2) is 17.7 Å². The number of carbonyl (C=O) groups excluding carboxylic acids is 3. The molecule has 0 aliphatic heterocycles. The lowest BCUT2D eigenvalue weighted by Gasteiger charge is -2.18. The van der Waals surface area contributed by atoms with E-state index in [1.54, 1.807) is 91.0 Å². The van der Waals surface area contributed by atoms with Gasteiger partial charge in [0.15, 0.2) is 0 Å². The van der Waals surface area contributed by atoms with E-state index in [0.717, 1.165) is 11.1 Å². The number of halogens is 1. The van der Waals surface area contributed by atoms with Crippen LogP contribution in [0.4, 0.5) is 15.8 Å². The van der Waals surface area contributed by atoms with E-state index >= 15 is 0 Å². The second kappa shape index (κ2) is 17.5. The first kappa shape index (κ1) is 35.4. The second-order valence-electron chi connectivity index (χ2n) is 11.6. The molecule has 6 rings (SSSR count). The molecule has 0 spiro atoms. The van der Waals surface area contributed by atoms with E-state index in [0.29, 0.717) is 34.1 Å². The number of benzene rings is 6. The summed E-state index contributed by atoms with van der Waals surface area (Å²) in [6.07, 6.45) is 1.59. The second-order valence-corrected chi connectivity index (χ2v) is 12.8. The largest absolute Gasteiger partial charge is 0.489 e. The lowest BCUT2D eigenvalue weighted by Crippen LogP contribution is -2.30. The van der Waals surface area contributed by atoms with Gasteiger partial charge in [0.2, 0.25) is 5.91 Å². The summed E-state index contributed by atoms with van der Waals surface area (Å²) in [6.45, 7) is 0.413. The molecule has 3 N–H and O–H groups in total. The van der Waals surface area contributed by atoms with E-state index in [9.17, 15) is 18.8 Å². The Balaban J connectivity index is 1.21. The minimum absolute atomic E-state index is 0.0243. The van der Waals surface area contributed by atoms with Crippen molar-refractivity contribution in [3.05, 3.63) is 198 Å². The molecule has 3 amide bonds. The van der Waals surface area contributed by atoms with Crippen LogP contribution in [0.15, 0.2) is 174 Å². The standard InChI is InChI=1S/C43H34FN3O4S/c44-37-21-10-11-22-38(37)46-43(50)40(32-15-6-2-7-16-32)52-36-20-12-19-34(28-36)45-42(49)39(47-41(48)33-17-8-3-9-18-33)27-30-23-25-35(26-24-30)51-29-31-13-4-1-5-14-31/h1-28,40H,29H2,(H,45,49)(H,46,50)(H,47,48)/b39-27-. The van der Waals surface area contributed by atoms with Crippen LogP contribution in [0.5, 0.6) is 5.75 Å². The molecule has 0 aromatic heterocycles. The summed E-state index contributed by atoms with van der Waals surface area (Å²) in [6, 6.07) is 47.9. The quantitative estimate of drug-likeness (QED) is 0.0822. The van der Waals surface area contributed by atoms with Crippen molar-refractivity contribution >= 4 is 46.9 Å². The van der Waals surface area contributed by atoms with E-state index in [1.807, 2.05) is 66.7 Å². The third-order valence-electron chi connectivity index (χ3n) is 7.79. The first-order valence-corrected chi connectivity index (χ1v) is 17.3. The molecule has 7 nitrogen and oxygen atoms in total. The highest BCUT2D eigenvalue weighted by molar-refractivity contribution is 8.00. The molecule has 9 heteroatoms. The number of rotatable bonds is 13. The highest BCUT2D eigenvalue weighted by atomic mass is 32.2. The maximum atomic E-state index is 14.4. The molecule has 1 atom stereocenters. The van der Waals surface area contributed by atoms with Crippen molar-refractivity contribution < 1.29 is 23.5 Å². The van der Waals surface area contributed by atoms with Crippen molar-refractivity contribution in [3.63, 3.8) is 0 Å². The Morgan fingerprint density at radius 2 is 1.35 bits per heavy atom. The number of para-hydroxylation sites is 1. The third kappa shape index (κ3) is 9.83. The Labute approximate surface area is 305 Å². The van der Waals surface area contributed by atoms with E-state index < -0.39 is 28.8 Å². The zero-order valence-electron chi connectivity index (χ0n) is 27.9. The van der Waals surface area contributed by atoms with E-state index in [1.165, 1.54) is 23.9 Å². The molecular formula is C43H34FN3O4S. The number of amides is 3. The van der Waals surface area contributed by atoms with E-state index in [2.05, 4.69) is 16.0 Å². The van der Waals surface area contributed by atoms with Gasteiger partial charge < -0.3 is 20.7 Å². The average Bonchev–Trinajstić information content (AvgIpc) is 3.18. The first-order chi connectivity index (χ1) is 25.4. The SMILES string of the molecule is O=C(Nc1cccc(SC(C(=O)Nc2ccccc2F)c2ccccc2)c1)/C(=C/c1ccc(OCc2ccccc2)cc1)NC(=O)c1ccccc1. The van der Waals surface area contributed by atoms with Gasteiger partial charge in [-0.05, 0) is 77.4 Å². The molecule has 258 valence electrons. The number of anilines is 2. The predicted molar refractivity (Wildman–Crippen MR) is 204 cm³/mol. The molecule has 0 fully saturated rings. The predicted octanol–water partition coefficient (Wildman–Crippen LogP) is 9.29. The van der Waals surface area contributed by atoms with Gasteiger partial charge in [0.25, 0.3) is 11.8 Å². The van der Waals surface area contributed by atoms with Gasteiger partial charge in [-0.3, -0.25) is 14.4 Å². The molecule has 0 radical (unpaired) electrons. The molecule has 0 aliphatic carbocycles. The molecule has 0 saturated carbocycles. The topological polar surface area (TPSA) is 96.5 Å². The summed E-state index contributed by atoms with van der Waals surface area (Å²) in [7, 11) is 0. The van der Waals surface area contributed by atoms with Gasteiger partial charge in [-0.25, -0.2) is 4.39 Å². The van der Waals surface area contributed by atoms with Gasteiger partial charge in [-0.2, -0.15) is 0 Å². The maximum Gasteiger partial charge on any atom is 0.272 e. The third-order valence-corrected chi connectivity index (χ3v) is 9.03. The smallest absolute Gasteiger partial charge is 0.272 e.